The number of ether oxygens (including phenoxy) is 1. The third-order valence-electron chi connectivity index (χ3n) is 2.77. The summed E-state index contributed by atoms with van der Waals surface area (Å²) in [5.41, 5.74) is 8.80. The van der Waals surface area contributed by atoms with Crippen molar-refractivity contribution in [3.63, 3.8) is 0 Å². The van der Waals surface area contributed by atoms with Crippen LogP contribution in [0.3, 0.4) is 0 Å². The van der Waals surface area contributed by atoms with Gasteiger partial charge in [0, 0.05) is 12.1 Å². The first-order valence-corrected chi connectivity index (χ1v) is 5.94. The first-order chi connectivity index (χ1) is 8.79. The van der Waals surface area contributed by atoms with Gasteiger partial charge in [0.25, 0.3) is 0 Å². The highest BCUT2D eigenvalue weighted by Gasteiger charge is 2.00. The number of benzene rings is 2. The lowest BCUT2D eigenvalue weighted by molar-refractivity contribution is 0.265. The molecule has 18 heavy (non-hydrogen) atoms. The zero-order valence-corrected chi connectivity index (χ0v) is 10.3. The van der Waals surface area contributed by atoms with E-state index in [0.29, 0.717) is 18.9 Å². The predicted octanol–water partition coefficient (Wildman–Crippen LogP) is 3.33. The predicted molar refractivity (Wildman–Crippen MR) is 74.6 cm³/mol. The van der Waals surface area contributed by atoms with Gasteiger partial charge in [0.05, 0.1) is 0 Å². The molecule has 0 atom stereocenters. The van der Waals surface area contributed by atoms with Crippen LogP contribution in [0.25, 0.3) is 5.76 Å². The Kier molecular flexibility index (Phi) is 4.15. The van der Waals surface area contributed by atoms with E-state index >= 15 is 0 Å². The van der Waals surface area contributed by atoms with Gasteiger partial charge in [-0.15, -0.1) is 0 Å². The topological polar surface area (TPSA) is 35.2 Å². The van der Waals surface area contributed by atoms with E-state index in [-0.39, 0.29) is 0 Å². The third kappa shape index (κ3) is 3.22. The van der Waals surface area contributed by atoms with Crippen LogP contribution in [0.15, 0.2) is 61.2 Å². The molecule has 2 aromatic rings. The molecule has 2 aromatic carbocycles. The maximum atomic E-state index is 5.66. The maximum Gasteiger partial charge on any atom is 0.119 e. The monoisotopic (exact) mass is 239 g/mol. The number of hydrogen-bond donors (Lipinski definition) is 1. The summed E-state index contributed by atoms with van der Waals surface area (Å²) in [7, 11) is 0. The van der Waals surface area contributed by atoms with Crippen LogP contribution in [0.2, 0.25) is 0 Å². The summed E-state index contributed by atoms with van der Waals surface area (Å²) in [4.78, 5) is 0. The highest BCUT2D eigenvalue weighted by Crippen LogP contribution is 2.15. The van der Waals surface area contributed by atoms with Gasteiger partial charge in [-0.1, -0.05) is 61.2 Å². The molecule has 92 valence electrons. The van der Waals surface area contributed by atoms with Crippen molar-refractivity contribution < 1.29 is 4.74 Å². The highest BCUT2D eigenvalue weighted by molar-refractivity contribution is 5.56. The Morgan fingerprint density at radius 2 is 1.56 bits per heavy atom. The molecule has 0 aliphatic heterocycles. The van der Waals surface area contributed by atoms with Gasteiger partial charge >= 0.3 is 0 Å². The molecule has 0 radical (unpaired) electrons. The maximum absolute atomic E-state index is 5.66. The molecular weight excluding hydrogens is 222 g/mol. The van der Waals surface area contributed by atoms with Crippen molar-refractivity contribution in [1.82, 2.24) is 0 Å². The van der Waals surface area contributed by atoms with Gasteiger partial charge in [0.1, 0.15) is 12.4 Å². The lowest BCUT2D eigenvalue weighted by Crippen LogP contribution is -1.97. The minimum Gasteiger partial charge on any atom is -0.489 e. The number of hydrogen-bond acceptors (Lipinski definition) is 2. The van der Waals surface area contributed by atoms with Crippen molar-refractivity contribution in [2.45, 2.75) is 13.2 Å². The zero-order valence-electron chi connectivity index (χ0n) is 10.3. The largest absolute Gasteiger partial charge is 0.489 e. The molecule has 0 heterocycles. The smallest absolute Gasteiger partial charge is 0.119 e. The van der Waals surface area contributed by atoms with Gasteiger partial charge in [-0.2, -0.15) is 0 Å². The van der Waals surface area contributed by atoms with Crippen LogP contribution in [-0.2, 0) is 17.9 Å². The normalized spacial score (nSPS) is 10.1. The molecular formula is C16H17NO. The van der Waals surface area contributed by atoms with Crippen molar-refractivity contribution in [3.8, 4) is 0 Å². The highest BCUT2D eigenvalue weighted by atomic mass is 16.5. The number of nitrogens with two attached hydrogens (primary N) is 1. The van der Waals surface area contributed by atoms with Crippen molar-refractivity contribution in [1.29, 1.82) is 0 Å². The Balaban J connectivity index is 1.93. The van der Waals surface area contributed by atoms with Crippen LogP contribution in [-0.4, -0.2) is 0 Å². The molecule has 0 unspecified atom stereocenters. The second kappa shape index (κ2) is 6.03. The molecule has 2 heteroatoms. The van der Waals surface area contributed by atoms with E-state index in [2.05, 4.69) is 6.58 Å². The van der Waals surface area contributed by atoms with E-state index in [1.165, 1.54) is 0 Å². The second-order valence-corrected chi connectivity index (χ2v) is 4.10. The van der Waals surface area contributed by atoms with Crippen LogP contribution in [0.1, 0.15) is 16.7 Å². The van der Waals surface area contributed by atoms with Crippen LogP contribution in [0.4, 0.5) is 0 Å². The fourth-order valence-corrected chi connectivity index (χ4v) is 1.65. The van der Waals surface area contributed by atoms with Crippen LogP contribution in [0, 0.1) is 0 Å². The summed E-state index contributed by atoms with van der Waals surface area (Å²) in [6.07, 6.45) is 0. The molecule has 0 saturated heterocycles. The minimum atomic E-state index is 0.526. The molecule has 0 fully saturated rings. The Morgan fingerprint density at radius 1 is 0.944 bits per heavy atom. The van der Waals surface area contributed by atoms with Crippen LogP contribution in [0.5, 0.6) is 0 Å². The molecule has 0 amide bonds. The minimum absolute atomic E-state index is 0.526. The van der Waals surface area contributed by atoms with Crippen molar-refractivity contribution in [2.75, 3.05) is 0 Å². The summed E-state index contributed by atoms with van der Waals surface area (Å²) in [6.45, 7) is 5.03. The quantitative estimate of drug-likeness (QED) is 0.812. The summed E-state index contributed by atoms with van der Waals surface area (Å²) < 4.78 is 5.66. The van der Waals surface area contributed by atoms with Gasteiger partial charge in [0.15, 0.2) is 0 Å². The Bertz CT molecular complexity index is 502. The SMILES string of the molecule is C=C(OCc1ccc(CN)cc1)c1ccccc1. The van der Waals surface area contributed by atoms with Crippen molar-refractivity contribution in [2.24, 2.45) is 5.73 Å². The zero-order chi connectivity index (χ0) is 12.8. The van der Waals surface area contributed by atoms with Gasteiger partial charge in [-0.25, -0.2) is 0 Å². The van der Waals surface area contributed by atoms with E-state index in [1.807, 2.05) is 54.6 Å². The fraction of sp³-hybridized carbons (Fsp3) is 0.125. The van der Waals surface area contributed by atoms with Crippen LogP contribution >= 0.6 is 0 Å². The van der Waals surface area contributed by atoms with E-state index in [1.54, 1.807) is 0 Å². The molecule has 0 bridgehead atoms. The summed E-state index contributed by atoms with van der Waals surface area (Å²) in [6, 6.07) is 18.0. The Labute approximate surface area is 108 Å². The number of rotatable bonds is 5. The van der Waals surface area contributed by atoms with E-state index in [0.717, 1.165) is 16.7 Å². The molecule has 2 N–H and O–H groups in total. The summed E-state index contributed by atoms with van der Waals surface area (Å²) in [5.74, 6) is 0.693. The Morgan fingerprint density at radius 3 is 2.17 bits per heavy atom. The van der Waals surface area contributed by atoms with E-state index < -0.39 is 0 Å². The Hall–Kier alpha value is -2.06. The average molecular weight is 239 g/mol. The molecule has 0 aliphatic carbocycles. The first-order valence-electron chi connectivity index (χ1n) is 5.94. The van der Waals surface area contributed by atoms with E-state index in [4.69, 9.17) is 10.5 Å². The summed E-state index contributed by atoms with van der Waals surface area (Å²) in [5, 5.41) is 0. The van der Waals surface area contributed by atoms with Gasteiger partial charge in [-0.05, 0) is 11.1 Å². The van der Waals surface area contributed by atoms with Crippen molar-refractivity contribution >= 4 is 5.76 Å². The van der Waals surface area contributed by atoms with Gasteiger partial charge in [-0.3, -0.25) is 0 Å². The average Bonchev–Trinajstić information content (AvgIpc) is 2.46. The van der Waals surface area contributed by atoms with Crippen molar-refractivity contribution in [3.05, 3.63) is 77.9 Å². The molecule has 0 saturated carbocycles. The van der Waals surface area contributed by atoms with E-state index in [9.17, 15) is 0 Å². The molecule has 0 aliphatic rings. The molecule has 0 aromatic heterocycles. The first kappa shape index (κ1) is 12.4. The van der Waals surface area contributed by atoms with Crippen LogP contribution < -0.4 is 5.73 Å². The summed E-state index contributed by atoms with van der Waals surface area (Å²) >= 11 is 0. The van der Waals surface area contributed by atoms with Gasteiger partial charge in [0.2, 0.25) is 0 Å². The molecule has 0 spiro atoms. The molecule has 2 rings (SSSR count). The fourth-order valence-electron chi connectivity index (χ4n) is 1.65. The lowest BCUT2D eigenvalue weighted by Gasteiger charge is -2.09. The standard InChI is InChI=1S/C16H17NO/c1-13(16-5-3-2-4-6-16)18-12-15-9-7-14(11-17)8-10-15/h2-10H,1,11-12,17H2. The third-order valence-corrected chi connectivity index (χ3v) is 2.77. The molecule has 2 nitrogen and oxygen atoms in total. The lowest BCUT2D eigenvalue weighted by atomic mass is 10.1. The second-order valence-electron chi connectivity index (χ2n) is 4.10. The van der Waals surface area contributed by atoms with Gasteiger partial charge < -0.3 is 10.5 Å².